The Morgan fingerprint density at radius 3 is 2.43 bits per heavy atom. The van der Waals surface area contributed by atoms with Crippen molar-refractivity contribution in [3.8, 4) is 0 Å². The molecule has 1 heterocycles. The van der Waals surface area contributed by atoms with Crippen LogP contribution in [0.2, 0.25) is 0 Å². The maximum Gasteiger partial charge on any atom is 0.239 e. The van der Waals surface area contributed by atoms with E-state index in [2.05, 4.69) is 4.99 Å². The quantitative estimate of drug-likeness (QED) is 0.638. The number of piperidine rings is 1. The third kappa shape index (κ3) is 4.04. The molecule has 5 heteroatoms. The van der Waals surface area contributed by atoms with Crippen LogP contribution in [0.1, 0.15) is 30.4 Å². The molecule has 0 bridgehead atoms. The van der Waals surface area contributed by atoms with E-state index >= 15 is 0 Å². The molecule has 114 valence electrons. The van der Waals surface area contributed by atoms with Gasteiger partial charge >= 0.3 is 0 Å². The van der Waals surface area contributed by atoms with Crippen molar-refractivity contribution in [2.75, 3.05) is 20.1 Å². The van der Waals surface area contributed by atoms with Crippen LogP contribution in [0.4, 0.5) is 0 Å². The number of rotatable bonds is 4. The van der Waals surface area contributed by atoms with Gasteiger partial charge in [-0.05, 0) is 31.2 Å². The van der Waals surface area contributed by atoms with Crippen molar-refractivity contribution in [2.24, 2.45) is 16.5 Å². The van der Waals surface area contributed by atoms with E-state index in [1.807, 2.05) is 29.2 Å². The van der Waals surface area contributed by atoms with Crippen molar-refractivity contribution in [1.29, 1.82) is 0 Å². The van der Waals surface area contributed by atoms with Crippen molar-refractivity contribution in [1.82, 2.24) is 4.90 Å². The van der Waals surface area contributed by atoms with Crippen LogP contribution in [0, 0.1) is 0 Å². The Balaban J connectivity index is 1.95. The van der Waals surface area contributed by atoms with Gasteiger partial charge in [-0.1, -0.05) is 24.3 Å². The number of hydrogen-bond donors (Lipinski definition) is 2. The van der Waals surface area contributed by atoms with Gasteiger partial charge in [0.15, 0.2) is 0 Å². The minimum atomic E-state index is -0.467. The molecule has 1 aromatic rings. The lowest BCUT2D eigenvalue weighted by atomic mass is 10.0. The van der Waals surface area contributed by atoms with E-state index in [9.17, 15) is 4.79 Å². The first-order valence-electron chi connectivity index (χ1n) is 7.47. The van der Waals surface area contributed by atoms with Crippen LogP contribution >= 0.6 is 0 Å². The molecule has 4 N–H and O–H groups in total. The highest BCUT2D eigenvalue weighted by molar-refractivity contribution is 5.97. The number of hydrogen-bond acceptors (Lipinski definition) is 3. The summed E-state index contributed by atoms with van der Waals surface area (Å²) in [5.41, 5.74) is 13.7. The van der Waals surface area contributed by atoms with Gasteiger partial charge in [-0.3, -0.25) is 9.79 Å². The van der Waals surface area contributed by atoms with Gasteiger partial charge in [-0.15, -0.1) is 0 Å². The first-order chi connectivity index (χ1) is 10.1. The Kier molecular flexibility index (Phi) is 5.33. The second-order valence-electron chi connectivity index (χ2n) is 5.50. The first kappa shape index (κ1) is 15.5. The number of nitrogens with zero attached hydrogens (tertiary/aromatic N) is 2. The highest BCUT2D eigenvalue weighted by Gasteiger charge is 2.22. The van der Waals surface area contributed by atoms with Gasteiger partial charge in [0, 0.05) is 25.7 Å². The number of amides is 1. The number of aliphatic imine (C=N–C) groups is 1. The van der Waals surface area contributed by atoms with Crippen LogP contribution in [-0.4, -0.2) is 42.8 Å². The van der Waals surface area contributed by atoms with Crippen LogP contribution < -0.4 is 11.5 Å². The fourth-order valence-corrected chi connectivity index (χ4v) is 2.63. The minimum Gasteiger partial charge on any atom is -0.384 e. The molecule has 1 aliphatic heterocycles. The lowest BCUT2D eigenvalue weighted by Crippen LogP contribution is -2.46. The van der Waals surface area contributed by atoms with Crippen molar-refractivity contribution in [3.63, 3.8) is 0 Å². The smallest absolute Gasteiger partial charge is 0.239 e. The molecule has 2 rings (SSSR count). The maximum atomic E-state index is 12.3. The summed E-state index contributed by atoms with van der Waals surface area (Å²) in [6, 6.07) is 7.27. The number of carbonyl (C=O) groups excluding carboxylic acids is 1. The molecule has 1 unspecified atom stereocenters. The van der Waals surface area contributed by atoms with Gasteiger partial charge in [0.05, 0.1) is 6.04 Å². The highest BCUT2D eigenvalue weighted by Crippen LogP contribution is 2.12. The van der Waals surface area contributed by atoms with Crippen LogP contribution in [0.3, 0.4) is 0 Å². The molecule has 5 nitrogen and oxygen atoms in total. The summed E-state index contributed by atoms with van der Waals surface area (Å²) < 4.78 is 0. The van der Waals surface area contributed by atoms with Gasteiger partial charge in [0.2, 0.25) is 5.91 Å². The molecule has 21 heavy (non-hydrogen) atoms. The SMILES string of the molecule is CN=C(N)c1ccc(CC(N)C(=O)N2CCCCC2)cc1. The number of amidine groups is 1. The molecule has 1 aromatic carbocycles. The van der Waals surface area contributed by atoms with Gasteiger partial charge in [-0.2, -0.15) is 0 Å². The Morgan fingerprint density at radius 2 is 1.86 bits per heavy atom. The van der Waals surface area contributed by atoms with E-state index in [4.69, 9.17) is 11.5 Å². The van der Waals surface area contributed by atoms with Crippen LogP contribution in [0.25, 0.3) is 0 Å². The van der Waals surface area contributed by atoms with Gasteiger partial charge in [0.25, 0.3) is 0 Å². The van der Waals surface area contributed by atoms with Crippen molar-refractivity contribution >= 4 is 11.7 Å². The molecule has 1 aliphatic rings. The maximum absolute atomic E-state index is 12.3. The molecule has 0 radical (unpaired) electrons. The van der Waals surface area contributed by atoms with Crippen molar-refractivity contribution in [3.05, 3.63) is 35.4 Å². The topological polar surface area (TPSA) is 84.7 Å². The zero-order chi connectivity index (χ0) is 15.2. The van der Waals surface area contributed by atoms with Gasteiger partial charge < -0.3 is 16.4 Å². The first-order valence-corrected chi connectivity index (χ1v) is 7.47. The minimum absolute atomic E-state index is 0.0633. The largest absolute Gasteiger partial charge is 0.384 e. The summed E-state index contributed by atoms with van der Waals surface area (Å²) in [5, 5.41) is 0. The summed E-state index contributed by atoms with van der Waals surface area (Å²) in [5.74, 6) is 0.573. The lowest BCUT2D eigenvalue weighted by molar-refractivity contribution is -0.133. The Morgan fingerprint density at radius 1 is 1.24 bits per heavy atom. The molecular weight excluding hydrogens is 264 g/mol. The van der Waals surface area contributed by atoms with Gasteiger partial charge in [-0.25, -0.2) is 0 Å². The molecule has 1 fully saturated rings. The molecule has 0 saturated carbocycles. The van der Waals surface area contributed by atoms with Crippen molar-refractivity contribution in [2.45, 2.75) is 31.7 Å². The van der Waals surface area contributed by atoms with E-state index < -0.39 is 6.04 Å². The third-order valence-corrected chi connectivity index (χ3v) is 3.93. The third-order valence-electron chi connectivity index (χ3n) is 3.93. The van der Waals surface area contributed by atoms with Gasteiger partial charge in [0.1, 0.15) is 5.84 Å². The summed E-state index contributed by atoms with van der Waals surface area (Å²) in [6.45, 7) is 1.68. The highest BCUT2D eigenvalue weighted by atomic mass is 16.2. The average molecular weight is 288 g/mol. The monoisotopic (exact) mass is 288 g/mol. The molecule has 1 saturated heterocycles. The number of nitrogens with two attached hydrogens (primary N) is 2. The normalized spacial score (nSPS) is 17.6. The second-order valence-corrected chi connectivity index (χ2v) is 5.50. The summed E-state index contributed by atoms with van der Waals surface area (Å²) in [7, 11) is 1.66. The standard InChI is InChI=1S/C16H24N4O/c1-19-15(18)13-7-5-12(6-8-13)11-14(17)16(21)20-9-3-2-4-10-20/h5-8,14H,2-4,9-11,17H2,1H3,(H2,18,19). The number of likely N-dealkylation sites (tertiary alicyclic amines) is 1. The van der Waals surface area contributed by atoms with E-state index in [1.165, 1.54) is 6.42 Å². The van der Waals surface area contributed by atoms with Crippen molar-refractivity contribution < 1.29 is 4.79 Å². The fourth-order valence-electron chi connectivity index (χ4n) is 2.63. The Labute approximate surface area is 126 Å². The Bertz CT molecular complexity index is 504. The molecule has 1 atom stereocenters. The zero-order valence-corrected chi connectivity index (χ0v) is 12.6. The summed E-state index contributed by atoms with van der Waals surface area (Å²) in [4.78, 5) is 18.1. The fraction of sp³-hybridized carbons (Fsp3) is 0.500. The Hall–Kier alpha value is -1.88. The molecule has 0 aliphatic carbocycles. The zero-order valence-electron chi connectivity index (χ0n) is 12.6. The summed E-state index contributed by atoms with van der Waals surface area (Å²) >= 11 is 0. The molecule has 0 spiro atoms. The van der Waals surface area contributed by atoms with Crippen LogP contribution in [0.5, 0.6) is 0 Å². The van der Waals surface area contributed by atoms with Crippen LogP contribution in [-0.2, 0) is 11.2 Å². The van der Waals surface area contributed by atoms with E-state index in [0.29, 0.717) is 12.3 Å². The molecule has 1 amide bonds. The average Bonchev–Trinajstić information content (AvgIpc) is 2.55. The predicted molar refractivity (Wildman–Crippen MR) is 85.2 cm³/mol. The summed E-state index contributed by atoms with van der Waals surface area (Å²) in [6.07, 6.45) is 3.94. The lowest BCUT2D eigenvalue weighted by Gasteiger charge is -2.29. The number of carbonyl (C=O) groups is 1. The molecule has 0 aromatic heterocycles. The number of benzene rings is 1. The molecular formula is C16H24N4O. The predicted octanol–water partition coefficient (Wildman–Crippen LogP) is 0.904. The second kappa shape index (κ2) is 7.22. The van der Waals surface area contributed by atoms with E-state index in [-0.39, 0.29) is 5.91 Å². The van der Waals surface area contributed by atoms with E-state index in [1.54, 1.807) is 7.05 Å². The van der Waals surface area contributed by atoms with Crippen LogP contribution in [0.15, 0.2) is 29.3 Å². The van der Waals surface area contributed by atoms with E-state index in [0.717, 1.165) is 37.1 Å².